The van der Waals surface area contributed by atoms with Gasteiger partial charge in [0, 0.05) is 11.8 Å². The van der Waals surface area contributed by atoms with Gasteiger partial charge in [0.05, 0.1) is 4.88 Å². The van der Waals surface area contributed by atoms with Gasteiger partial charge in [-0.15, -0.1) is 11.3 Å². The number of nitrogens with one attached hydrogen (secondary N) is 3. The second kappa shape index (κ2) is 8.42. The summed E-state index contributed by atoms with van der Waals surface area (Å²) in [5.41, 5.74) is 6.42. The molecule has 2 rings (SSSR count). The largest absolute Gasteiger partial charge is 0.344 e. The molecule has 1 heterocycles. The average molecular weight is 394 g/mol. The molecule has 1 aromatic heterocycles. The molecular formula is C20H31N3O3S. The SMILES string of the molecule is CC(=O)N[C@@H](C(=O)NNC(=O)c1cc2c(s1)CC[C@@H](C(C)(C)C)C2)C(C)C. The summed E-state index contributed by atoms with van der Waals surface area (Å²) in [6.07, 6.45) is 3.13. The Bertz CT molecular complexity index is 719. The third kappa shape index (κ3) is 5.54. The molecule has 6 nitrogen and oxygen atoms in total. The topological polar surface area (TPSA) is 87.3 Å². The van der Waals surface area contributed by atoms with Crippen molar-refractivity contribution in [3.05, 3.63) is 21.4 Å². The van der Waals surface area contributed by atoms with Gasteiger partial charge in [-0.3, -0.25) is 25.2 Å². The summed E-state index contributed by atoms with van der Waals surface area (Å²) in [5, 5.41) is 2.60. The summed E-state index contributed by atoms with van der Waals surface area (Å²) in [6, 6.07) is 1.26. The molecule has 0 aliphatic heterocycles. The van der Waals surface area contributed by atoms with Crippen molar-refractivity contribution < 1.29 is 14.4 Å². The highest BCUT2D eigenvalue weighted by atomic mass is 32.1. The predicted molar refractivity (Wildman–Crippen MR) is 107 cm³/mol. The van der Waals surface area contributed by atoms with E-state index >= 15 is 0 Å². The van der Waals surface area contributed by atoms with E-state index in [9.17, 15) is 14.4 Å². The van der Waals surface area contributed by atoms with Crippen LogP contribution in [0, 0.1) is 17.3 Å². The minimum Gasteiger partial charge on any atom is -0.344 e. The summed E-state index contributed by atoms with van der Waals surface area (Å²) >= 11 is 1.50. The molecule has 0 fully saturated rings. The first kappa shape index (κ1) is 21.4. The van der Waals surface area contributed by atoms with Gasteiger partial charge in [0.1, 0.15) is 6.04 Å². The minimum atomic E-state index is -0.688. The first-order chi connectivity index (χ1) is 12.5. The fourth-order valence-corrected chi connectivity index (χ4v) is 4.49. The molecule has 2 atom stereocenters. The highest BCUT2D eigenvalue weighted by Gasteiger charge is 2.30. The lowest BCUT2D eigenvalue weighted by Gasteiger charge is -2.33. The average Bonchev–Trinajstić information content (AvgIpc) is 2.99. The number of amides is 3. The second-order valence-electron chi connectivity index (χ2n) is 8.73. The number of aryl methyl sites for hydroxylation is 1. The lowest BCUT2D eigenvalue weighted by atomic mass is 9.72. The Labute approximate surface area is 165 Å². The number of carbonyl (C=O) groups excluding carboxylic acids is 3. The Kier molecular flexibility index (Phi) is 6.68. The van der Waals surface area contributed by atoms with Crippen LogP contribution in [-0.2, 0) is 22.4 Å². The van der Waals surface area contributed by atoms with E-state index < -0.39 is 11.9 Å². The zero-order valence-corrected chi connectivity index (χ0v) is 17.9. The molecule has 3 N–H and O–H groups in total. The first-order valence-corrected chi connectivity index (χ1v) is 10.3. The molecule has 0 spiro atoms. The van der Waals surface area contributed by atoms with Gasteiger partial charge in [-0.2, -0.15) is 0 Å². The molecule has 0 saturated carbocycles. The van der Waals surface area contributed by atoms with Gasteiger partial charge >= 0.3 is 0 Å². The molecule has 150 valence electrons. The Morgan fingerprint density at radius 2 is 1.85 bits per heavy atom. The third-order valence-electron chi connectivity index (χ3n) is 5.14. The van der Waals surface area contributed by atoms with E-state index in [1.807, 2.05) is 19.9 Å². The molecule has 0 aromatic carbocycles. The molecule has 1 aromatic rings. The summed E-state index contributed by atoms with van der Waals surface area (Å²) in [6.45, 7) is 11.8. The van der Waals surface area contributed by atoms with E-state index in [0.717, 1.165) is 19.3 Å². The monoisotopic (exact) mass is 393 g/mol. The molecular weight excluding hydrogens is 362 g/mol. The Morgan fingerprint density at radius 3 is 2.41 bits per heavy atom. The lowest BCUT2D eigenvalue weighted by molar-refractivity contribution is -0.129. The van der Waals surface area contributed by atoms with Crippen molar-refractivity contribution in [1.29, 1.82) is 0 Å². The maximum Gasteiger partial charge on any atom is 0.279 e. The highest BCUT2D eigenvalue weighted by Crippen LogP contribution is 2.40. The van der Waals surface area contributed by atoms with Crippen LogP contribution in [0.3, 0.4) is 0 Å². The van der Waals surface area contributed by atoms with Crippen molar-refractivity contribution >= 4 is 29.1 Å². The molecule has 27 heavy (non-hydrogen) atoms. The van der Waals surface area contributed by atoms with E-state index in [-0.39, 0.29) is 23.1 Å². The quantitative estimate of drug-likeness (QED) is 0.688. The Hall–Kier alpha value is -1.89. The van der Waals surface area contributed by atoms with Crippen molar-refractivity contribution in [2.75, 3.05) is 0 Å². The van der Waals surface area contributed by atoms with Gasteiger partial charge in [-0.25, -0.2) is 0 Å². The van der Waals surface area contributed by atoms with Crippen LogP contribution in [0.5, 0.6) is 0 Å². The molecule has 1 aliphatic rings. The smallest absolute Gasteiger partial charge is 0.279 e. The lowest BCUT2D eigenvalue weighted by Crippen LogP contribution is -2.53. The summed E-state index contributed by atoms with van der Waals surface area (Å²) in [4.78, 5) is 37.9. The molecule has 7 heteroatoms. The molecule has 0 unspecified atom stereocenters. The van der Waals surface area contributed by atoms with Gasteiger partial charge in [0.2, 0.25) is 5.91 Å². The Morgan fingerprint density at radius 1 is 1.19 bits per heavy atom. The van der Waals surface area contributed by atoms with Crippen molar-refractivity contribution in [3.63, 3.8) is 0 Å². The standard InChI is InChI=1S/C20H31N3O3S/c1-11(2)17(21-12(3)24)19(26)23-22-18(25)16-10-13-9-14(20(4,5)6)7-8-15(13)27-16/h10-11,14,17H,7-9H2,1-6H3,(H,21,24)(H,22,25)(H,23,26)/t14-,17-/m1/s1. The van der Waals surface area contributed by atoms with Crippen LogP contribution in [-0.4, -0.2) is 23.8 Å². The summed E-state index contributed by atoms with van der Waals surface area (Å²) < 4.78 is 0. The molecule has 0 saturated heterocycles. The van der Waals surface area contributed by atoms with E-state index in [0.29, 0.717) is 10.8 Å². The van der Waals surface area contributed by atoms with Crippen LogP contribution >= 0.6 is 11.3 Å². The van der Waals surface area contributed by atoms with Gasteiger partial charge in [0.25, 0.3) is 11.8 Å². The normalized spacial score (nSPS) is 17.8. The van der Waals surface area contributed by atoms with Crippen LogP contribution in [0.1, 0.15) is 68.1 Å². The number of hydrogen-bond acceptors (Lipinski definition) is 4. The second-order valence-corrected chi connectivity index (χ2v) is 9.87. The van der Waals surface area contributed by atoms with Crippen LogP contribution in [0.15, 0.2) is 6.07 Å². The number of hydrazine groups is 1. The van der Waals surface area contributed by atoms with Crippen molar-refractivity contribution in [3.8, 4) is 0 Å². The van der Waals surface area contributed by atoms with Crippen LogP contribution in [0.2, 0.25) is 0 Å². The van der Waals surface area contributed by atoms with Gasteiger partial charge in [-0.05, 0) is 48.1 Å². The molecule has 1 aliphatic carbocycles. The number of fused-ring (bicyclic) bond motifs is 1. The molecule has 3 amide bonds. The minimum absolute atomic E-state index is 0.0887. The van der Waals surface area contributed by atoms with Crippen molar-refractivity contribution in [2.45, 2.75) is 66.8 Å². The third-order valence-corrected chi connectivity index (χ3v) is 6.37. The van der Waals surface area contributed by atoms with E-state index in [1.165, 1.54) is 28.7 Å². The van der Waals surface area contributed by atoms with E-state index in [2.05, 4.69) is 36.9 Å². The highest BCUT2D eigenvalue weighted by molar-refractivity contribution is 7.14. The van der Waals surface area contributed by atoms with Crippen LogP contribution in [0.4, 0.5) is 0 Å². The zero-order valence-electron chi connectivity index (χ0n) is 17.1. The van der Waals surface area contributed by atoms with Crippen LogP contribution in [0.25, 0.3) is 0 Å². The first-order valence-electron chi connectivity index (χ1n) is 9.48. The van der Waals surface area contributed by atoms with E-state index in [4.69, 9.17) is 0 Å². The fraction of sp³-hybridized carbons (Fsp3) is 0.650. The van der Waals surface area contributed by atoms with Gasteiger partial charge in [0.15, 0.2) is 0 Å². The summed E-state index contributed by atoms with van der Waals surface area (Å²) in [5.74, 6) is -0.508. The van der Waals surface area contributed by atoms with Crippen molar-refractivity contribution in [1.82, 2.24) is 16.2 Å². The fourth-order valence-electron chi connectivity index (χ4n) is 3.39. The zero-order chi connectivity index (χ0) is 20.4. The number of hydrogen-bond donors (Lipinski definition) is 3. The van der Waals surface area contributed by atoms with Gasteiger partial charge < -0.3 is 5.32 Å². The molecule has 0 radical (unpaired) electrons. The van der Waals surface area contributed by atoms with Gasteiger partial charge in [-0.1, -0.05) is 34.6 Å². The number of carbonyl (C=O) groups is 3. The maximum atomic E-state index is 12.5. The maximum absolute atomic E-state index is 12.5. The van der Waals surface area contributed by atoms with Crippen LogP contribution < -0.4 is 16.2 Å². The summed E-state index contributed by atoms with van der Waals surface area (Å²) in [7, 11) is 0. The van der Waals surface area contributed by atoms with E-state index in [1.54, 1.807) is 0 Å². The predicted octanol–water partition coefficient (Wildman–Crippen LogP) is 2.82. The van der Waals surface area contributed by atoms with Crippen molar-refractivity contribution in [2.24, 2.45) is 17.3 Å². The molecule has 0 bridgehead atoms. The number of rotatable bonds is 4. The number of thiophene rings is 1. The Balaban J connectivity index is 1.98.